The van der Waals surface area contributed by atoms with Crippen LogP contribution in [0.1, 0.15) is 48.6 Å². The summed E-state index contributed by atoms with van der Waals surface area (Å²) < 4.78 is 0. The second-order valence-electron chi connectivity index (χ2n) is 6.69. The van der Waals surface area contributed by atoms with Gasteiger partial charge in [-0.05, 0) is 41.3 Å². The van der Waals surface area contributed by atoms with Crippen LogP contribution >= 0.6 is 0 Å². The van der Waals surface area contributed by atoms with Gasteiger partial charge in [0, 0.05) is 26.3 Å². The maximum atomic E-state index is 4.66. The predicted octanol–water partition coefficient (Wildman–Crippen LogP) is 5.45. The van der Waals surface area contributed by atoms with Crippen LogP contribution < -0.4 is 0 Å². The van der Waals surface area contributed by atoms with Gasteiger partial charge in [0.15, 0.2) is 0 Å². The van der Waals surface area contributed by atoms with Crippen LogP contribution in [0, 0.1) is 6.07 Å². The summed E-state index contributed by atoms with van der Waals surface area (Å²) in [6.07, 6.45) is 7.39. The minimum Gasteiger partial charge on any atom is -0.304 e. The number of benzene rings is 2. The Morgan fingerprint density at radius 3 is 2.48 bits per heavy atom. The summed E-state index contributed by atoms with van der Waals surface area (Å²) in [4.78, 5) is 4.66. The molecule has 1 heterocycles. The number of hydrogen-bond acceptors (Lipinski definition) is 1. The fourth-order valence-corrected chi connectivity index (χ4v) is 4.41. The molecule has 1 radical (unpaired) electrons. The summed E-state index contributed by atoms with van der Waals surface area (Å²) in [6.45, 7) is 0. The summed E-state index contributed by atoms with van der Waals surface area (Å²) in [7, 11) is 0. The predicted molar refractivity (Wildman–Crippen MR) is 90.0 cm³/mol. The first-order valence-corrected chi connectivity index (χ1v) is 8.30. The molecule has 2 bridgehead atoms. The molecule has 2 aromatic carbocycles. The molecule has 0 atom stereocenters. The van der Waals surface area contributed by atoms with Gasteiger partial charge in [-0.1, -0.05) is 43.0 Å². The Labute approximate surface area is 150 Å². The van der Waals surface area contributed by atoms with Crippen molar-refractivity contribution in [2.45, 2.75) is 37.5 Å². The summed E-state index contributed by atoms with van der Waals surface area (Å²) >= 11 is 0. The molecule has 1 fully saturated rings. The molecular formula is C21H18IrN-. The fourth-order valence-electron chi connectivity index (χ4n) is 4.41. The Morgan fingerprint density at radius 2 is 1.65 bits per heavy atom. The summed E-state index contributed by atoms with van der Waals surface area (Å²) in [5, 5.41) is 2.47. The largest absolute Gasteiger partial charge is 0.304 e. The van der Waals surface area contributed by atoms with E-state index in [0.29, 0.717) is 0 Å². The van der Waals surface area contributed by atoms with Gasteiger partial charge in [-0.25, -0.2) is 0 Å². The third kappa shape index (κ3) is 2.36. The number of fused-ring (bicyclic) bond motifs is 3. The van der Waals surface area contributed by atoms with Gasteiger partial charge in [-0.15, -0.1) is 34.9 Å². The van der Waals surface area contributed by atoms with Crippen LogP contribution in [0.2, 0.25) is 0 Å². The monoisotopic (exact) mass is 477 g/mol. The van der Waals surface area contributed by atoms with Gasteiger partial charge in [0.1, 0.15) is 0 Å². The molecule has 3 aliphatic rings. The maximum Gasteiger partial charge on any atom is 0.0167 e. The SMILES string of the molecule is [Ir].[c-]1cc2c(cc1-c1nccc3ccccc13)C1CCC2CC1. The smallest absolute Gasteiger partial charge is 0.0167 e. The van der Waals surface area contributed by atoms with Gasteiger partial charge in [-0.3, -0.25) is 0 Å². The van der Waals surface area contributed by atoms with Crippen molar-refractivity contribution in [3.8, 4) is 11.3 Å². The number of nitrogens with zero attached hydrogens (tertiary/aromatic N) is 1. The first kappa shape index (κ1) is 15.1. The molecule has 0 aliphatic heterocycles. The minimum atomic E-state index is 0. The van der Waals surface area contributed by atoms with E-state index in [1.165, 1.54) is 36.5 Å². The zero-order valence-electron chi connectivity index (χ0n) is 12.9. The zero-order chi connectivity index (χ0) is 14.5. The van der Waals surface area contributed by atoms with E-state index in [1.807, 2.05) is 6.20 Å². The molecule has 0 spiro atoms. The Bertz CT molecular complexity index is 857. The van der Waals surface area contributed by atoms with E-state index in [0.717, 1.165) is 23.1 Å². The molecule has 3 aliphatic carbocycles. The van der Waals surface area contributed by atoms with Crippen LogP contribution in [0.5, 0.6) is 0 Å². The van der Waals surface area contributed by atoms with Crippen LogP contribution in [0.4, 0.5) is 0 Å². The Morgan fingerprint density at radius 1 is 0.913 bits per heavy atom. The molecule has 0 saturated heterocycles. The molecular weight excluding hydrogens is 458 g/mol. The van der Waals surface area contributed by atoms with E-state index in [-0.39, 0.29) is 20.1 Å². The Kier molecular flexibility index (Phi) is 3.83. The standard InChI is InChI=1S/C21H18N.Ir/c1-2-4-19-14(3-1)11-12-22-21(19)17-9-10-18-15-5-7-16(8-6-15)20(18)13-17;/h1-4,10-13,15-16H,5-8H2;/q-1;. The molecule has 2 heteroatoms. The molecule has 117 valence electrons. The molecule has 1 saturated carbocycles. The van der Waals surface area contributed by atoms with Crippen molar-refractivity contribution in [3.05, 3.63) is 65.9 Å². The van der Waals surface area contributed by atoms with Crippen molar-refractivity contribution in [1.82, 2.24) is 4.98 Å². The van der Waals surface area contributed by atoms with Crippen molar-refractivity contribution in [3.63, 3.8) is 0 Å². The quantitative estimate of drug-likeness (QED) is 0.426. The number of hydrogen-bond donors (Lipinski definition) is 0. The van der Waals surface area contributed by atoms with Crippen LogP contribution in [0.15, 0.2) is 48.7 Å². The van der Waals surface area contributed by atoms with Crippen molar-refractivity contribution in [1.29, 1.82) is 0 Å². The van der Waals surface area contributed by atoms with Crippen molar-refractivity contribution >= 4 is 10.8 Å². The molecule has 0 N–H and O–H groups in total. The van der Waals surface area contributed by atoms with Gasteiger partial charge in [-0.2, -0.15) is 0 Å². The van der Waals surface area contributed by atoms with Crippen molar-refractivity contribution < 1.29 is 20.1 Å². The summed E-state index contributed by atoms with van der Waals surface area (Å²) in [6, 6.07) is 18.7. The van der Waals surface area contributed by atoms with E-state index in [2.05, 4.69) is 53.5 Å². The third-order valence-electron chi connectivity index (χ3n) is 5.55. The fraction of sp³-hybridized carbons (Fsp3) is 0.286. The second-order valence-corrected chi connectivity index (χ2v) is 6.69. The zero-order valence-corrected chi connectivity index (χ0v) is 15.3. The average Bonchev–Trinajstić information content (AvgIpc) is 2.62. The van der Waals surface area contributed by atoms with Gasteiger partial charge in [0.25, 0.3) is 0 Å². The number of aromatic nitrogens is 1. The second kappa shape index (κ2) is 5.85. The molecule has 1 aromatic heterocycles. The van der Waals surface area contributed by atoms with Crippen LogP contribution in [-0.4, -0.2) is 4.98 Å². The normalized spacial score (nSPS) is 21.7. The first-order chi connectivity index (χ1) is 10.9. The Hall–Kier alpha value is -1.50. The first-order valence-electron chi connectivity index (χ1n) is 8.30. The van der Waals surface area contributed by atoms with E-state index in [9.17, 15) is 0 Å². The van der Waals surface area contributed by atoms with Crippen LogP contribution in [0.25, 0.3) is 22.0 Å². The van der Waals surface area contributed by atoms with Crippen molar-refractivity contribution in [2.75, 3.05) is 0 Å². The molecule has 0 unspecified atom stereocenters. The van der Waals surface area contributed by atoms with Crippen LogP contribution in [0.3, 0.4) is 0 Å². The van der Waals surface area contributed by atoms with Gasteiger partial charge < -0.3 is 4.98 Å². The van der Waals surface area contributed by atoms with E-state index < -0.39 is 0 Å². The van der Waals surface area contributed by atoms with Gasteiger partial charge >= 0.3 is 0 Å². The molecule has 23 heavy (non-hydrogen) atoms. The van der Waals surface area contributed by atoms with Gasteiger partial charge in [0.05, 0.1) is 0 Å². The summed E-state index contributed by atoms with van der Waals surface area (Å²) in [5.74, 6) is 1.55. The molecule has 0 amide bonds. The number of pyridine rings is 1. The topological polar surface area (TPSA) is 12.9 Å². The van der Waals surface area contributed by atoms with Gasteiger partial charge in [0.2, 0.25) is 0 Å². The third-order valence-corrected chi connectivity index (χ3v) is 5.55. The number of rotatable bonds is 1. The van der Waals surface area contributed by atoms with E-state index in [4.69, 9.17) is 0 Å². The van der Waals surface area contributed by atoms with E-state index >= 15 is 0 Å². The average molecular weight is 477 g/mol. The summed E-state index contributed by atoms with van der Waals surface area (Å²) in [5.41, 5.74) is 5.36. The molecule has 3 aromatic rings. The molecule has 1 nitrogen and oxygen atoms in total. The van der Waals surface area contributed by atoms with Crippen LogP contribution in [-0.2, 0) is 20.1 Å². The maximum absolute atomic E-state index is 4.66. The van der Waals surface area contributed by atoms with Crippen molar-refractivity contribution in [2.24, 2.45) is 0 Å². The Balaban J connectivity index is 0.00000135. The molecule has 6 rings (SSSR count). The minimum absolute atomic E-state index is 0. The van der Waals surface area contributed by atoms with E-state index in [1.54, 1.807) is 11.1 Å².